The number of morpholine rings is 1. The summed E-state index contributed by atoms with van der Waals surface area (Å²) in [7, 11) is 1.73. The minimum absolute atomic E-state index is 0.0847. The molecule has 0 amide bonds. The van der Waals surface area contributed by atoms with Crippen LogP contribution < -0.4 is 4.74 Å². The number of alkyl halides is 6. The van der Waals surface area contributed by atoms with Crippen molar-refractivity contribution in [3.63, 3.8) is 0 Å². The SMILES string of the molecule is CCCN1CCC2(CC1)CN(Cc1cccc(OC)c1)CCO2.O=C(O)C(F)(F)F.O=C(O)C(F)(F)F. The van der Waals surface area contributed by atoms with Crippen molar-refractivity contribution in [2.45, 2.75) is 50.7 Å². The van der Waals surface area contributed by atoms with Crippen molar-refractivity contribution in [1.82, 2.24) is 9.80 Å². The second-order valence-electron chi connectivity index (χ2n) is 8.54. The molecule has 3 rings (SSSR count). The molecule has 14 heteroatoms. The first-order valence-corrected chi connectivity index (χ1v) is 11.4. The van der Waals surface area contributed by atoms with Crippen molar-refractivity contribution >= 4 is 11.9 Å². The second-order valence-corrected chi connectivity index (χ2v) is 8.54. The molecule has 8 nitrogen and oxygen atoms in total. The van der Waals surface area contributed by atoms with E-state index < -0.39 is 24.3 Å². The first-order valence-electron chi connectivity index (χ1n) is 11.4. The molecule has 0 aliphatic carbocycles. The van der Waals surface area contributed by atoms with Crippen molar-refractivity contribution in [1.29, 1.82) is 0 Å². The Morgan fingerprint density at radius 3 is 2.00 bits per heavy atom. The molecule has 2 fully saturated rings. The molecule has 1 aromatic rings. The second kappa shape index (κ2) is 14.4. The monoisotopic (exact) mass is 546 g/mol. The Bertz CT molecular complexity index is 833. The zero-order valence-corrected chi connectivity index (χ0v) is 20.6. The molecule has 37 heavy (non-hydrogen) atoms. The van der Waals surface area contributed by atoms with Crippen molar-refractivity contribution in [2.24, 2.45) is 0 Å². The Morgan fingerprint density at radius 1 is 1.00 bits per heavy atom. The summed E-state index contributed by atoms with van der Waals surface area (Å²) in [5, 5.41) is 14.2. The lowest BCUT2D eigenvalue weighted by Crippen LogP contribution is -2.56. The standard InChI is InChI=1S/C19H30N2O2.2C2HF3O2/c1-3-9-20-10-7-19(8-11-20)16-21(12-13-23-19)15-17-5-4-6-18(14-17)22-2;2*3-2(4,5)1(6)7/h4-6,14H,3,7-13,15-16H2,1-2H3;2*(H,6,7). The van der Waals surface area contributed by atoms with Crippen LogP contribution in [0.25, 0.3) is 0 Å². The van der Waals surface area contributed by atoms with Gasteiger partial charge in [0.2, 0.25) is 0 Å². The van der Waals surface area contributed by atoms with Gasteiger partial charge in [-0.15, -0.1) is 0 Å². The largest absolute Gasteiger partial charge is 0.497 e. The lowest BCUT2D eigenvalue weighted by molar-refractivity contribution is -0.193. The van der Waals surface area contributed by atoms with Crippen LogP contribution in [0.2, 0.25) is 0 Å². The normalized spacial score (nSPS) is 18.2. The third-order valence-electron chi connectivity index (χ3n) is 5.66. The molecule has 0 radical (unpaired) electrons. The molecule has 212 valence electrons. The molecule has 2 N–H and O–H groups in total. The van der Waals surface area contributed by atoms with Gasteiger partial charge in [-0.1, -0.05) is 19.1 Å². The fourth-order valence-corrected chi connectivity index (χ4v) is 3.89. The van der Waals surface area contributed by atoms with Crippen LogP contribution in [0.1, 0.15) is 31.7 Å². The van der Waals surface area contributed by atoms with E-state index in [1.165, 1.54) is 44.5 Å². The summed E-state index contributed by atoms with van der Waals surface area (Å²) >= 11 is 0. The smallest absolute Gasteiger partial charge is 0.490 e. The number of carboxylic acid groups (broad SMARTS) is 2. The summed E-state index contributed by atoms with van der Waals surface area (Å²) in [5.74, 6) is -4.57. The van der Waals surface area contributed by atoms with Crippen LogP contribution in [0.4, 0.5) is 26.3 Å². The third kappa shape index (κ3) is 12.0. The average molecular weight is 547 g/mol. The van der Waals surface area contributed by atoms with Gasteiger partial charge in [0.05, 0.1) is 19.3 Å². The van der Waals surface area contributed by atoms with Crippen molar-refractivity contribution in [3.05, 3.63) is 29.8 Å². The van der Waals surface area contributed by atoms with E-state index in [1.807, 2.05) is 6.07 Å². The van der Waals surface area contributed by atoms with E-state index in [0.717, 1.165) is 32.0 Å². The number of likely N-dealkylation sites (tertiary alicyclic amines) is 1. The van der Waals surface area contributed by atoms with Crippen LogP contribution in [0.15, 0.2) is 24.3 Å². The highest BCUT2D eigenvalue weighted by Crippen LogP contribution is 2.31. The zero-order valence-electron chi connectivity index (χ0n) is 20.6. The highest BCUT2D eigenvalue weighted by molar-refractivity contribution is 5.73. The molecule has 0 bridgehead atoms. The van der Waals surface area contributed by atoms with E-state index in [1.54, 1.807) is 7.11 Å². The first-order chi connectivity index (χ1) is 17.1. The van der Waals surface area contributed by atoms with Gasteiger partial charge < -0.3 is 24.6 Å². The molecular formula is C23H32F6N2O6. The predicted octanol–water partition coefficient (Wildman–Crippen LogP) is 4.04. The number of rotatable bonds is 5. The number of halogens is 6. The molecular weight excluding hydrogens is 514 g/mol. The molecule has 1 spiro atoms. The van der Waals surface area contributed by atoms with Gasteiger partial charge in [-0.3, -0.25) is 4.90 Å². The molecule has 0 aromatic heterocycles. The maximum Gasteiger partial charge on any atom is 0.490 e. The fraction of sp³-hybridized carbons (Fsp3) is 0.652. The van der Waals surface area contributed by atoms with Gasteiger partial charge in [0.25, 0.3) is 0 Å². The van der Waals surface area contributed by atoms with Crippen molar-refractivity contribution < 1.29 is 55.6 Å². The van der Waals surface area contributed by atoms with Crippen LogP contribution in [-0.4, -0.2) is 96.3 Å². The maximum absolute atomic E-state index is 10.6. The van der Waals surface area contributed by atoms with Crippen LogP contribution in [0, 0.1) is 0 Å². The average Bonchev–Trinajstić information content (AvgIpc) is 2.81. The number of hydrogen-bond acceptors (Lipinski definition) is 6. The number of aliphatic carboxylic acids is 2. The van der Waals surface area contributed by atoms with Crippen LogP contribution in [0.5, 0.6) is 5.75 Å². The van der Waals surface area contributed by atoms with Crippen molar-refractivity contribution in [2.75, 3.05) is 46.4 Å². The Hall–Kier alpha value is -2.58. The van der Waals surface area contributed by atoms with E-state index >= 15 is 0 Å². The Balaban J connectivity index is 0.000000404. The van der Waals surface area contributed by atoms with E-state index in [2.05, 4.69) is 34.9 Å². The summed E-state index contributed by atoms with van der Waals surface area (Å²) in [5.41, 5.74) is 1.41. The number of nitrogens with zero attached hydrogens (tertiary/aromatic N) is 2. The first kappa shape index (κ1) is 32.4. The Morgan fingerprint density at radius 2 is 1.54 bits per heavy atom. The van der Waals surface area contributed by atoms with Gasteiger partial charge in [0.1, 0.15) is 5.75 Å². The quantitative estimate of drug-likeness (QED) is 0.534. The van der Waals surface area contributed by atoms with Gasteiger partial charge in [-0.25, -0.2) is 9.59 Å². The number of ether oxygens (including phenoxy) is 2. The van der Waals surface area contributed by atoms with Gasteiger partial charge in [-0.05, 0) is 43.5 Å². The molecule has 2 aliphatic heterocycles. The molecule has 0 unspecified atom stereocenters. The van der Waals surface area contributed by atoms with E-state index in [4.69, 9.17) is 29.3 Å². The Kier molecular flexibility index (Phi) is 12.6. The molecule has 2 aliphatic rings. The van der Waals surface area contributed by atoms with E-state index in [9.17, 15) is 26.3 Å². The molecule has 0 saturated carbocycles. The number of piperidine rings is 1. The third-order valence-corrected chi connectivity index (χ3v) is 5.66. The number of hydrogen-bond donors (Lipinski definition) is 2. The molecule has 2 heterocycles. The van der Waals surface area contributed by atoms with Crippen LogP contribution >= 0.6 is 0 Å². The minimum atomic E-state index is -5.08. The molecule has 2 saturated heterocycles. The Labute approximate surface area is 210 Å². The lowest BCUT2D eigenvalue weighted by Gasteiger charge is -2.47. The summed E-state index contributed by atoms with van der Waals surface area (Å²) in [4.78, 5) is 22.9. The maximum atomic E-state index is 10.6. The summed E-state index contributed by atoms with van der Waals surface area (Å²) in [6.45, 7) is 9.78. The molecule has 1 aromatic carbocycles. The topological polar surface area (TPSA) is 99.5 Å². The number of methoxy groups -OCH3 is 1. The number of carboxylic acids is 2. The summed E-state index contributed by atoms with van der Waals surface area (Å²) in [6.07, 6.45) is -6.58. The lowest BCUT2D eigenvalue weighted by atomic mass is 9.89. The van der Waals surface area contributed by atoms with Crippen LogP contribution in [-0.2, 0) is 20.9 Å². The van der Waals surface area contributed by atoms with E-state index in [0.29, 0.717) is 0 Å². The van der Waals surface area contributed by atoms with E-state index in [-0.39, 0.29) is 5.60 Å². The molecule has 0 atom stereocenters. The van der Waals surface area contributed by atoms with Crippen molar-refractivity contribution in [3.8, 4) is 5.75 Å². The van der Waals surface area contributed by atoms with Gasteiger partial charge in [-0.2, -0.15) is 26.3 Å². The highest BCUT2D eigenvalue weighted by atomic mass is 19.4. The van der Waals surface area contributed by atoms with Gasteiger partial charge in [0, 0.05) is 32.7 Å². The highest BCUT2D eigenvalue weighted by Gasteiger charge is 2.40. The zero-order chi connectivity index (χ0) is 28.3. The summed E-state index contributed by atoms with van der Waals surface area (Å²) < 4.78 is 75.1. The van der Waals surface area contributed by atoms with Gasteiger partial charge in [0.15, 0.2) is 0 Å². The summed E-state index contributed by atoms with van der Waals surface area (Å²) in [6, 6.07) is 8.42. The fourth-order valence-electron chi connectivity index (χ4n) is 3.89. The number of benzene rings is 1. The predicted molar refractivity (Wildman–Crippen MR) is 120 cm³/mol. The van der Waals surface area contributed by atoms with Gasteiger partial charge >= 0.3 is 24.3 Å². The van der Waals surface area contributed by atoms with Crippen LogP contribution in [0.3, 0.4) is 0 Å². The number of carbonyl (C=O) groups is 2. The minimum Gasteiger partial charge on any atom is -0.497 e.